The summed E-state index contributed by atoms with van der Waals surface area (Å²) in [6.45, 7) is 0.394. The van der Waals surface area contributed by atoms with E-state index in [1.165, 1.54) is 17.9 Å². The van der Waals surface area contributed by atoms with Gasteiger partial charge in [0.1, 0.15) is 0 Å². The fourth-order valence-corrected chi connectivity index (χ4v) is 3.11. The number of aromatic carboxylic acids is 1. The Balaban J connectivity index is 1.76. The Morgan fingerprint density at radius 3 is 2.65 bits per heavy atom. The van der Waals surface area contributed by atoms with Gasteiger partial charge in [0.25, 0.3) is 0 Å². The molecular formula is C14H18N2O3S. The van der Waals surface area contributed by atoms with E-state index in [1.54, 1.807) is 12.1 Å². The first kappa shape index (κ1) is 14.7. The normalized spacial score (nSPS) is 18.3. The first-order valence-corrected chi connectivity index (χ1v) is 7.75. The second-order valence-electron chi connectivity index (χ2n) is 4.74. The van der Waals surface area contributed by atoms with Gasteiger partial charge in [0.2, 0.25) is 0 Å². The highest BCUT2D eigenvalue weighted by atomic mass is 32.2. The third-order valence-electron chi connectivity index (χ3n) is 3.15. The summed E-state index contributed by atoms with van der Waals surface area (Å²) >= 11 is 1.87. The number of urea groups is 1. The lowest BCUT2D eigenvalue weighted by Crippen LogP contribution is -2.44. The monoisotopic (exact) mass is 294 g/mol. The molecule has 0 saturated carbocycles. The van der Waals surface area contributed by atoms with Gasteiger partial charge in [-0.15, -0.1) is 0 Å². The fourth-order valence-electron chi connectivity index (χ4n) is 2.04. The lowest BCUT2D eigenvalue weighted by atomic mass is 10.1. The van der Waals surface area contributed by atoms with Gasteiger partial charge in [-0.25, -0.2) is 9.59 Å². The number of nitrogens with one attached hydrogen (secondary N) is 2. The lowest BCUT2D eigenvalue weighted by molar-refractivity contribution is 0.0697. The van der Waals surface area contributed by atoms with E-state index in [-0.39, 0.29) is 17.6 Å². The molecule has 1 fully saturated rings. The SMILES string of the molecule is O=C(NCc1ccc(C(=O)O)cc1)NC1CCCSC1. The Morgan fingerprint density at radius 2 is 2.05 bits per heavy atom. The Kier molecular flexibility index (Phi) is 5.29. The summed E-state index contributed by atoms with van der Waals surface area (Å²) in [7, 11) is 0. The molecule has 3 N–H and O–H groups in total. The second-order valence-corrected chi connectivity index (χ2v) is 5.89. The predicted molar refractivity (Wildman–Crippen MR) is 79.1 cm³/mol. The molecule has 0 spiro atoms. The van der Waals surface area contributed by atoms with Crippen molar-refractivity contribution >= 4 is 23.8 Å². The molecule has 20 heavy (non-hydrogen) atoms. The van der Waals surface area contributed by atoms with E-state index in [2.05, 4.69) is 10.6 Å². The van der Waals surface area contributed by atoms with Crippen LogP contribution in [0, 0.1) is 0 Å². The molecule has 6 heteroatoms. The summed E-state index contributed by atoms with van der Waals surface area (Å²) in [5.74, 6) is 1.20. The van der Waals surface area contributed by atoms with E-state index in [1.807, 2.05) is 11.8 Å². The Labute approximate surface area is 122 Å². The van der Waals surface area contributed by atoms with Crippen LogP contribution in [-0.2, 0) is 6.54 Å². The van der Waals surface area contributed by atoms with Crippen molar-refractivity contribution in [2.75, 3.05) is 11.5 Å². The largest absolute Gasteiger partial charge is 0.478 e. The molecule has 108 valence electrons. The molecule has 1 aliphatic rings. The van der Waals surface area contributed by atoms with Gasteiger partial charge in [0.05, 0.1) is 5.56 Å². The highest BCUT2D eigenvalue weighted by Crippen LogP contribution is 2.16. The topological polar surface area (TPSA) is 78.4 Å². The van der Waals surface area contributed by atoms with E-state index in [0.717, 1.165) is 24.2 Å². The number of hydrogen-bond donors (Lipinski definition) is 3. The number of amides is 2. The highest BCUT2D eigenvalue weighted by molar-refractivity contribution is 7.99. The maximum Gasteiger partial charge on any atom is 0.335 e. The molecule has 0 aromatic heterocycles. The third kappa shape index (κ3) is 4.45. The molecule has 2 rings (SSSR count). The van der Waals surface area contributed by atoms with Crippen LogP contribution in [0.3, 0.4) is 0 Å². The van der Waals surface area contributed by atoms with Crippen molar-refractivity contribution < 1.29 is 14.7 Å². The van der Waals surface area contributed by atoms with Gasteiger partial charge in [-0.1, -0.05) is 12.1 Å². The van der Waals surface area contributed by atoms with Crippen molar-refractivity contribution in [3.05, 3.63) is 35.4 Å². The summed E-state index contributed by atoms with van der Waals surface area (Å²) < 4.78 is 0. The van der Waals surface area contributed by atoms with Crippen LogP contribution < -0.4 is 10.6 Å². The molecule has 0 bridgehead atoms. The van der Waals surface area contributed by atoms with Crippen LogP contribution in [0.15, 0.2) is 24.3 Å². The maximum absolute atomic E-state index is 11.7. The zero-order chi connectivity index (χ0) is 14.4. The molecule has 1 unspecified atom stereocenters. The van der Waals surface area contributed by atoms with Crippen LogP contribution in [0.5, 0.6) is 0 Å². The molecule has 1 atom stereocenters. The van der Waals surface area contributed by atoms with Gasteiger partial charge in [0.15, 0.2) is 0 Å². The smallest absolute Gasteiger partial charge is 0.335 e. The van der Waals surface area contributed by atoms with E-state index in [9.17, 15) is 9.59 Å². The van der Waals surface area contributed by atoms with Crippen molar-refractivity contribution in [1.82, 2.24) is 10.6 Å². The van der Waals surface area contributed by atoms with E-state index >= 15 is 0 Å². The average molecular weight is 294 g/mol. The number of rotatable bonds is 4. The van der Waals surface area contributed by atoms with Gasteiger partial charge in [-0.05, 0) is 36.3 Å². The minimum atomic E-state index is -0.947. The van der Waals surface area contributed by atoms with Crippen molar-refractivity contribution in [3.63, 3.8) is 0 Å². The average Bonchev–Trinajstić information content (AvgIpc) is 2.46. The first-order valence-electron chi connectivity index (χ1n) is 6.59. The van der Waals surface area contributed by atoms with Crippen molar-refractivity contribution in [2.24, 2.45) is 0 Å². The molecule has 1 heterocycles. The molecule has 0 aliphatic carbocycles. The Hall–Kier alpha value is -1.69. The van der Waals surface area contributed by atoms with Gasteiger partial charge in [-0.2, -0.15) is 11.8 Å². The van der Waals surface area contributed by atoms with Crippen molar-refractivity contribution in [1.29, 1.82) is 0 Å². The van der Waals surface area contributed by atoms with Crippen LogP contribution in [0.4, 0.5) is 4.79 Å². The summed E-state index contributed by atoms with van der Waals surface area (Å²) in [4.78, 5) is 22.5. The van der Waals surface area contributed by atoms with E-state index in [0.29, 0.717) is 6.54 Å². The Bertz CT molecular complexity index is 470. The molecule has 1 aromatic carbocycles. The van der Waals surface area contributed by atoms with Crippen LogP contribution in [0.25, 0.3) is 0 Å². The molecule has 2 amide bonds. The summed E-state index contributed by atoms with van der Waals surface area (Å²) in [5.41, 5.74) is 1.13. The predicted octanol–water partition coefficient (Wildman–Crippen LogP) is 2.08. The molecule has 1 saturated heterocycles. The van der Waals surface area contributed by atoms with Crippen molar-refractivity contribution in [3.8, 4) is 0 Å². The van der Waals surface area contributed by atoms with Gasteiger partial charge in [0, 0.05) is 18.3 Å². The van der Waals surface area contributed by atoms with Crippen LogP contribution >= 0.6 is 11.8 Å². The highest BCUT2D eigenvalue weighted by Gasteiger charge is 2.15. The molecular weight excluding hydrogens is 276 g/mol. The number of carboxylic acids is 1. The quantitative estimate of drug-likeness (QED) is 0.794. The zero-order valence-electron chi connectivity index (χ0n) is 11.1. The molecule has 5 nitrogen and oxygen atoms in total. The van der Waals surface area contributed by atoms with E-state index in [4.69, 9.17) is 5.11 Å². The number of carbonyl (C=O) groups is 2. The molecule has 0 radical (unpaired) electrons. The fraction of sp³-hybridized carbons (Fsp3) is 0.429. The summed E-state index contributed by atoms with van der Waals surface area (Å²) in [5, 5.41) is 14.5. The Morgan fingerprint density at radius 1 is 1.30 bits per heavy atom. The minimum Gasteiger partial charge on any atom is -0.478 e. The van der Waals surface area contributed by atoms with Crippen LogP contribution in [0.2, 0.25) is 0 Å². The van der Waals surface area contributed by atoms with E-state index < -0.39 is 5.97 Å². The summed E-state index contributed by atoms with van der Waals surface area (Å²) in [6.07, 6.45) is 2.18. The molecule has 1 aromatic rings. The number of hydrogen-bond acceptors (Lipinski definition) is 3. The van der Waals surface area contributed by atoms with Crippen LogP contribution in [-0.4, -0.2) is 34.7 Å². The number of benzene rings is 1. The number of thioether (sulfide) groups is 1. The van der Waals surface area contributed by atoms with Crippen LogP contribution in [0.1, 0.15) is 28.8 Å². The maximum atomic E-state index is 11.7. The van der Waals surface area contributed by atoms with Gasteiger partial charge in [-0.3, -0.25) is 0 Å². The second kappa shape index (κ2) is 7.19. The minimum absolute atomic E-state index is 0.167. The molecule has 1 aliphatic heterocycles. The number of carboxylic acid groups (broad SMARTS) is 1. The summed E-state index contributed by atoms with van der Waals surface area (Å²) in [6, 6.07) is 6.58. The van der Waals surface area contributed by atoms with Gasteiger partial charge >= 0.3 is 12.0 Å². The third-order valence-corrected chi connectivity index (χ3v) is 4.36. The van der Waals surface area contributed by atoms with Crippen molar-refractivity contribution in [2.45, 2.75) is 25.4 Å². The van der Waals surface area contributed by atoms with Gasteiger partial charge < -0.3 is 15.7 Å². The zero-order valence-corrected chi connectivity index (χ0v) is 11.9. The lowest BCUT2D eigenvalue weighted by Gasteiger charge is -2.22. The number of carbonyl (C=O) groups excluding carboxylic acids is 1. The standard InChI is InChI=1S/C14H18N2O3S/c17-13(18)11-5-3-10(4-6-11)8-15-14(19)16-12-2-1-7-20-9-12/h3-6,12H,1-2,7-9H2,(H,17,18)(H2,15,16,19). The first-order chi connectivity index (χ1) is 9.65.